The van der Waals surface area contributed by atoms with Gasteiger partial charge in [0.2, 0.25) is 0 Å². The third kappa shape index (κ3) is 21.2. The molecule has 2 nitrogen and oxygen atoms in total. The molecule has 0 saturated heterocycles. The second kappa shape index (κ2) is 26.0. The van der Waals surface area contributed by atoms with E-state index in [9.17, 15) is 4.79 Å². The molecule has 0 aliphatic rings. The molecule has 0 bridgehead atoms. The van der Waals surface area contributed by atoms with Crippen molar-refractivity contribution < 1.29 is 21.9 Å². The fourth-order valence-corrected chi connectivity index (χ4v) is 9.31. The molecule has 0 aromatic rings. The first-order valence-electron chi connectivity index (χ1n) is 14.7. The third-order valence-corrected chi connectivity index (χ3v) is 12.0. The van der Waals surface area contributed by atoms with Gasteiger partial charge in [-0.1, -0.05) is 104 Å². The van der Waals surface area contributed by atoms with Crippen molar-refractivity contribution in [1.29, 1.82) is 0 Å². The highest BCUT2D eigenvalue weighted by molar-refractivity contribution is 7.75. The first kappa shape index (κ1) is 36.1. The van der Waals surface area contributed by atoms with E-state index in [0.29, 0.717) is 12.2 Å². The van der Waals surface area contributed by atoms with Crippen molar-refractivity contribution in [2.45, 2.75) is 143 Å². The molecule has 0 heterocycles. The maximum absolute atomic E-state index is 12.0. The second-order valence-corrected chi connectivity index (χ2v) is 14.9. The highest BCUT2D eigenvalue weighted by atomic mass is 35.5. The first-order chi connectivity index (χ1) is 16.0. The molecule has 0 atom stereocenters. The van der Waals surface area contributed by atoms with Crippen LogP contribution in [0, 0.1) is 0 Å². The molecule has 0 aliphatic heterocycles. The minimum Gasteiger partial charge on any atom is -1.00 e. The fraction of sp³-hybridized carbons (Fsp3) is 0.900. The Balaban J connectivity index is 0. The largest absolute Gasteiger partial charge is 1.00 e. The monoisotopic (exact) mass is 518 g/mol. The Labute approximate surface area is 221 Å². The van der Waals surface area contributed by atoms with Gasteiger partial charge in [-0.05, 0) is 45.4 Å². The zero-order valence-corrected chi connectivity index (χ0v) is 25.3. The number of hydrogen-bond acceptors (Lipinski definition) is 2. The van der Waals surface area contributed by atoms with Crippen LogP contribution in [0.4, 0.5) is 0 Å². The van der Waals surface area contributed by atoms with Gasteiger partial charge in [-0.3, -0.25) is 0 Å². The topological polar surface area (TPSA) is 26.3 Å². The Hall–Kier alpha value is -0.0700. The van der Waals surface area contributed by atoms with Gasteiger partial charge in [-0.25, -0.2) is 4.79 Å². The molecule has 0 N–H and O–H groups in total. The number of ether oxygens (including phenoxy) is 1. The average Bonchev–Trinajstić information content (AvgIpc) is 2.80. The minimum atomic E-state index is -1.06. The molecule has 0 unspecified atom stereocenters. The molecule has 34 heavy (non-hydrogen) atoms. The van der Waals surface area contributed by atoms with Gasteiger partial charge in [-0.2, -0.15) is 0 Å². The Morgan fingerprint density at radius 3 is 1.24 bits per heavy atom. The number of unbranched alkanes of at least 4 members (excludes halogenated alkanes) is 15. The number of esters is 1. The lowest BCUT2D eigenvalue weighted by Crippen LogP contribution is -3.00. The lowest BCUT2D eigenvalue weighted by atomic mass is 10.1. The highest BCUT2D eigenvalue weighted by Gasteiger charge is 2.35. The van der Waals surface area contributed by atoms with Crippen LogP contribution < -0.4 is 12.4 Å². The summed E-state index contributed by atoms with van der Waals surface area (Å²) in [6, 6.07) is 0. The number of hydrogen-bond donors (Lipinski definition) is 0. The van der Waals surface area contributed by atoms with E-state index in [0.717, 1.165) is 6.16 Å². The van der Waals surface area contributed by atoms with Crippen molar-refractivity contribution >= 4 is 13.2 Å². The summed E-state index contributed by atoms with van der Waals surface area (Å²) in [4.78, 5) is 12.0. The van der Waals surface area contributed by atoms with Gasteiger partial charge in [-0.15, -0.1) is 0 Å². The van der Waals surface area contributed by atoms with Crippen molar-refractivity contribution in [3.05, 3.63) is 12.2 Å². The fourth-order valence-electron chi connectivity index (χ4n) is 4.81. The molecule has 0 aliphatic carbocycles. The summed E-state index contributed by atoms with van der Waals surface area (Å²) in [6.45, 7) is 13.0. The van der Waals surface area contributed by atoms with Crippen LogP contribution in [0.3, 0.4) is 0 Å². The van der Waals surface area contributed by atoms with Crippen LogP contribution in [0.5, 0.6) is 0 Å². The Morgan fingerprint density at radius 1 is 0.588 bits per heavy atom. The molecule has 0 saturated carbocycles. The number of carbonyl (C=O) groups is 1. The maximum atomic E-state index is 12.0. The quantitative estimate of drug-likeness (QED) is 0.0552. The van der Waals surface area contributed by atoms with Crippen LogP contribution in [0.25, 0.3) is 0 Å². The van der Waals surface area contributed by atoms with Crippen LogP contribution in [0.2, 0.25) is 0 Å². The zero-order chi connectivity index (χ0) is 24.6. The Bertz CT molecular complexity index is 426. The summed E-state index contributed by atoms with van der Waals surface area (Å²) in [5.41, 5.74) is 0.529. The van der Waals surface area contributed by atoms with Crippen molar-refractivity contribution in [2.24, 2.45) is 0 Å². The predicted octanol–water partition coefficient (Wildman–Crippen LogP) is 7.21. The summed E-state index contributed by atoms with van der Waals surface area (Å²) in [7, 11) is -1.06. The molecule has 4 heteroatoms. The minimum absolute atomic E-state index is 0. The highest BCUT2D eigenvalue weighted by Crippen LogP contribution is 2.60. The van der Waals surface area contributed by atoms with E-state index >= 15 is 0 Å². The molecule has 0 spiro atoms. The average molecular weight is 519 g/mol. The van der Waals surface area contributed by atoms with E-state index in [1.165, 1.54) is 134 Å². The number of rotatable bonds is 25. The summed E-state index contributed by atoms with van der Waals surface area (Å²) >= 11 is 0. The number of carbonyl (C=O) groups excluding carboxylic acids is 1. The smallest absolute Gasteiger partial charge is 0.333 e. The summed E-state index contributed by atoms with van der Waals surface area (Å²) in [5.74, 6) is -0.202. The second-order valence-electron chi connectivity index (χ2n) is 10.5. The molecule has 0 amide bonds. The van der Waals surface area contributed by atoms with E-state index in [-0.39, 0.29) is 18.4 Å². The first-order valence-corrected chi connectivity index (χ1v) is 17.2. The summed E-state index contributed by atoms with van der Waals surface area (Å²) in [5, 5.41) is 0. The molecule has 204 valence electrons. The standard InChI is InChI=1S/C30H60O2P.ClH/c1-6-9-12-15-18-21-25-33(26-22-19-16-13-10-7-2,27-23-20-17-14-11-8-3)28-24-32-30(31)29(4)5;/h4,6-28H2,1-3,5H3;1H/q+1;/p-1. The van der Waals surface area contributed by atoms with Crippen LogP contribution in [-0.4, -0.2) is 37.2 Å². The SMILES string of the molecule is C=C(C)C(=O)OCC[P+](CCCCCCCC)(CCCCCCCC)CCCCCCCC.[Cl-]. The van der Waals surface area contributed by atoms with Gasteiger partial charge in [0, 0.05) is 12.8 Å². The van der Waals surface area contributed by atoms with E-state index in [1.807, 2.05) is 0 Å². The van der Waals surface area contributed by atoms with Gasteiger partial charge in [0.25, 0.3) is 0 Å². The van der Waals surface area contributed by atoms with Crippen molar-refractivity contribution in [2.75, 3.05) is 31.3 Å². The van der Waals surface area contributed by atoms with Gasteiger partial charge >= 0.3 is 5.97 Å². The van der Waals surface area contributed by atoms with Crippen molar-refractivity contribution in [3.63, 3.8) is 0 Å². The van der Waals surface area contributed by atoms with Gasteiger partial charge in [0.05, 0.1) is 24.6 Å². The molecule has 0 radical (unpaired) electrons. The van der Waals surface area contributed by atoms with E-state index in [1.54, 1.807) is 6.92 Å². The van der Waals surface area contributed by atoms with Gasteiger partial charge < -0.3 is 17.1 Å². The van der Waals surface area contributed by atoms with E-state index in [4.69, 9.17) is 4.74 Å². The molecular formula is C30H60ClO2P. The predicted molar refractivity (Wildman–Crippen MR) is 152 cm³/mol. The van der Waals surface area contributed by atoms with Crippen LogP contribution >= 0.6 is 7.26 Å². The lowest BCUT2D eigenvalue weighted by Gasteiger charge is -2.28. The lowest BCUT2D eigenvalue weighted by molar-refractivity contribution is -0.138. The normalized spacial score (nSPS) is 11.3. The molecule has 0 aromatic carbocycles. The van der Waals surface area contributed by atoms with Crippen LogP contribution in [0.15, 0.2) is 12.2 Å². The molecular weight excluding hydrogens is 459 g/mol. The van der Waals surface area contributed by atoms with E-state index < -0.39 is 7.26 Å². The van der Waals surface area contributed by atoms with Crippen LogP contribution in [-0.2, 0) is 9.53 Å². The zero-order valence-electron chi connectivity index (χ0n) is 23.6. The maximum Gasteiger partial charge on any atom is 0.333 e. The Morgan fingerprint density at radius 2 is 0.912 bits per heavy atom. The van der Waals surface area contributed by atoms with Gasteiger partial charge in [0.15, 0.2) is 0 Å². The number of halogens is 1. The summed E-state index contributed by atoms with van der Waals surface area (Å²) in [6.07, 6.45) is 30.2. The Kier molecular flexibility index (Phi) is 27.6. The van der Waals surface area contributed by atoms with Gasteiger partial charge in [0.1, 0.15) is 6.61 Å². The van der Waals surface area contributed by atoms with Crippen molar-refractivity contribution in [3.8, 4) is 0 Å². The molecule has 0 aromatic heterocycles. The summed E-state index contributed by atoms with van der Waals surface area (Å²) < 4.78 is 5.63. The molecule has 0 rings (SSSR count). The molecule has 0 fully saturated rings. The van der Waals surface area contributed by atoms with Crippen molar-refractivity contribution in [1.82, 2.24) is 0 Å². The third-order valence-electron chi connectivity index (χ3n) is 7.11. The van der Waals surface area contributed by atoms with Crippen LogP contribution in [0.1, 0.15) is 143 Å². The van der Waals surface area contributed by atoms with E-state index in [2.05, 4.69) is 27.4 Å².